The van der Waals surface area contributed by atoms with Gasteiger partial charge >= 0.3 is 5.97 Å². The normalized spacial score (nSPS) is 52.8. The third kappa shape index (κ3) is 3.07. The Hall–Kier alpha value is -1.16. The summed E-state index contributed by atoms with van der Waals surface area (Å²) in [6, 6.07) is 0. The molecule has 0 saturated heterocycles. The largest absolute Gasteiger partial charge is 0.469 e. The minimum atomic E-state index is -0.480. The van der Waals surface area contributed by atoms with Crippen LogP contribution in [0.5, 0.6) is 0 Å². The van der Waals surface area contributed by atoms with E-state index in [-0.39, 0.29) is 51.0 Å². The van der Waals surface area contributed by atoms with Crippen molar-refractivity contribution in [3.05, 3.63) is 11.6 Å². The van der Waals surface area contributed by atoms with Crippen molar-refractivity contribution in [2.24, 2.45) is 50.2 Å². The summed E-state index contributed by atoms with van der Waals surface area (Å²) in [5, 5.41) is 10.9. The van der Waals surface area contributed by atoms with E-state index in [0.717, 1.165) is 57.8 Å². The number of aliphatic hydroxyl groups excluding tert-OH is 1. The summed E-state index contributed by atoms with van der Waals surface area (Å²) in [5.41, 5.74) is 0.590. The fourth-order valence-electron chi connectivity index (χ4n) is 10.6. The highest BCUT2D eigenvalue weighted by atomic mass is 16.5. The minimum absolute atomic E-state index is 0.00536. The molecular weight excluding hydrogens is 436 g/mol. The van der Waals surface area contributed by atoms with E-state index in [9.17, 15) is 14.7 Å². The number of fused-ring (bicyclic) bond motifs is 7. The molecule has 0 radical (unpaired) electrons. The molecule has 0 bridgehead atoms. The molecule has 0 spiro atoms. The number of esters is 1. The highest BCUT2D eigenvalue weighted by Gasteiger charge is 2.70. The highest BCUT2D eigenvalue weighted by Crippen LogP contribution is 2.75. The van der Waals surface area contributed by atoms with Crippen LogP contribution in [0, 0.1) is 50.2 Å². The zero-order valence-electron chi connectivity index (χ0n) is 23.4. The SMILES string of the molecule is COC(=O)[C@]1(C)CC[C@@]2(C)CC[C@@]3(C)C(=CC(=O)[C@@H]4[C@@]5(C)CC[C@@H](O)C(C)(C)[C@@H]5CC[C@@]43C)[C@@H]2C1. The number of carbonyl (C=O) groups is 2. The molecule has 0 heterocycles. The molecule has 5 rings (SSSR count). The lowest BCUT2D eigenvalue weighted by Crippen LogP contribution is -2.66. The third-order valence-corrected chi connectivity index (χ3v) is 13.2. The zero-order chi connectivity index (χ0) is 25.8. The smallest absolute Gasteiger partial charge is 0.311 e. The maximum Gasteiger partial charge on any atom is 0.311 e. The van der Waals surface area contributed by atoms with E-state index >= 15 is 0 Å². The van der Waals surface area contributed by atoms with Crippen molar-refractivity contribution in [3.63, 3.8) is 0 Å². The Labute approximate surface area is 212 Å². The highest BCUT2D eigenvalue weighted by molar-refractivity contribution is 5.95. The van der Waals surface area contributed by atoms with Crippen LogP contribution in [0.15, 0.2) is 11.6 Å². The molecule has 9 atom stereocenters. The second-order valence-corrected chi connectivity index (χ2v) is 15.1. The molecule has 4 saturated carbocycles. The maximum atomic E-state index is 14.3. The number of hydrogen-bond donors (Lipinski definition) is 1. The lowest BCUT2D eigenvalue weighted by Gasteiger charge is -2.70. The molecule has 196 valence electrons. The summed E-state index contributed by atoms with van der Waals surface area (Å²) in [6.07, 6.45) is 10.5. The van der Waals surface area contributed by atoms with E-state index in [4.69, 9.17) is 4.74 Å². The molecular formula is C31H48O4. The van der Waals surface area contributed by atoms with E-state index < -0.39 is 5.41 Å². The van der Waals surface area contributed by atoms with Gasteiger partial charge in [0.25, 0.3) is 0 Å². The predicted molar refractivity (Wildman–Crippen MR) is 137 cm³/mol. The van der Waals surface area contributed by atoms with E-state index in [1.54, 1.807) is 0 Å². The fraction of sp³-hybridized carbons (Fsp3) is 0.871. The van der Waals surface area contributed by atoms with E-state index in [0.29, 0.717) is 11.7 Å². The van der Waals surface area contributed by atoms with E-state index in [1.165, 1.54) is 12.7 Å². The Balaban J connectivity index is 1.61. The van der Waals surface area contributed by atoms with Crippen LogP contribution < -0.4 is 0 Å². The van der Waals surface area contributed by atoms with Crippen molar-refractivity contribution in [3.8, 4) is 0 Å². The molecule has 0 aromatic carbocycles. The van der Waals surface area contributed by atoms with E-state index in [1.807, 2.05) is 0 Å². The van der Waals surface area contributed by atoms with Crippen molar-refractivity contribution in [1.29, 1.82) is 0 Å². The molecule has 5 aliphatic carbocycles. The first kappa shape index (κ1) is 25.5. The Morgan fingerprint density at radius 3 is 2.26 bits per heavy atom. The van der Waals surface area contributed by atoms with Gasteiger partial charge in [-0.2, -0.15) is 0 Å². The van der Waals surface area contributed by atoms with Gasteiger partial charge in [0.05, 0.1) is 18.6 Å². The van der Waals surface area contributed by atoms with Gasteiger partial charge < -0.3 is 9.84 Å². The van der Waals surface area contributed by atoms with E-state index in [2.05, 4.69) is 54.5 Å². The van der Waals surface area contributed by atoms with Crippen LogP contribution in [0.1, 0.15) is 106 Å². The minimum Gasteiger partial charge on any atom is -0.469 e. The predicted octanol–water partition coefficient (Wildman–Crippen LogP) is 6.50. The van der Waals surface area contributed by atoms with Gasteiger partial charge in [0, 0.05) is 5.92 Å². The lowest BCUT2D eigenvalue weighted by atomic mass is 9.33. The van der Waals surface area contributed by atoms with Crippen LogP contribution in [0.4, 0.5) is 0 Å². The summed E-state index contributed by atoms with van der Waals surface area (Å²) in [4.78, 5) is 27.1. The zero-order valence-corrected chi connectivity index (χ0v) is 23.4. The molecule has 4 fully saturated rings. The number of rotatable bonds is 1. The van der Waals surface area contributed by atoms with Gasteiger partial charge in [-0.25, -0.2) is 0 Å². The van der Waals surface area contributed by atoms with Crippen LogP contribution in [-0.4, -0.2) is 30.1 Å². The number of aliphatic hydroxyl groups is 1. The van der Waals surface area contributed by atoms with Gasteiger partial charge in [0.15, 0.2) is 5.78 Å². The summed E-state index contributed by atoms with van der Waals surface area (Å²) in [5.74, 6) is 0.805. The number of ketones is 1. The van der Waals surface area contributed by atoms with Crippen molar-refractivity contribution in [2.75, 3.05) is 7.11 Å². The maximum absolute atomic E-state index is 14.3. The molecule has 0 amide bonds. The molecule has 0 aliphatic heterocycles. The molecule has 0 unspecified atom stereocenters. The molecule has 0 aromatic heterocycles. The average molecular weight is 485 g/mol. The standard InChI is InChI=1S/C31H48O4/c1-26(2)22-9-12-31(7)24(29(22,5)11-10-23(26)33)21(32)17-19-20-18-28(4,25(34)35-8)14-13-27(20,3)15-16-30(19,31)6/h17,20,22-24,33H,9-16,18H2,1-8H3/t20-,22-,23+,24+,27-,28+,29-,30-,31-/m0/s1. The summed E-state index contributed by atoms with van der Waals surface area (Å²) >= 11 is 0. The molecule has 4 nitrogen and oxygen atoms in total. The molecule has 0 aromatic rings. The number of carbonyl (C=O) groups excluding carboxylic acids is 2. The fourth-order valence-corrected chi connectivity index (χ4v) is 10.6. The third-order valence-electron chi connectivity index (χ3n) is 13.2. The van der Waals surface area contributed by atoms with Crippen molar-refractivity contribution >= 4 is 11.8 Å². The molecule has 35 heavy (non-hydrogen) atoms. The second-order valence-electron chi connectivity index (χ2n) is 15.1. The second kappa shape index (κ2) is 7.45. The van der Waals surface area contributed by atoms with Crippen LogP contribution in [0.2, 0.25) is 0 Å². The summed E-state index contributed by atoms with van der Waals surface area (Å²) in [7, 11) is 1.50. The van der Waals surface area contributed by atoms with Gasteiger partial charge in [-0.3, -0.25) is 9.59 Å². The lowest BCUT2D eigenvalue weighted by molar-refractivity contribution is -0.202. The van der Waals surface area contributed by atoms with Crippen LogP contribution in [0.25, 0.3) is 0 Å². The first-order valence-electron chi connectivity index (χ1n) is 14.1. The number of methoxy groups -OCH3 is 1. The van der Waals surface area contributed by atoms with Gasteiger partial charge in [0.1, 0.15) is 0 Å². The Kier molecular flexibility index (Phi) is 5.43. The number of hydrogen-bond acceptors (Lipinski definition) is 4. The molecule has 1 N–H and O–H groups in total. The van der Waals surface area contributed by atoms with Gasteiger partial charge in [-0.1, -0.05) is 47.1 Å². The summed E-state index contributed by atoms with van der Waals surface area (Å²) in [6.45, 7) is 16.2. The summed E-state index contributed by atoms with van der Waals surface area (Å²) < 4.78 is 5.25. The Morgan fingerprint density at radius 2 is 1.60 bits per heavy atom. The van der Waals surface area contributed by atoms with Crippen molar-refractivity contribution in [1.82, 2.24) is 0 Å². The van der Waals surface area contributed by atoms with Gasteiger partial charge in [0.2, 0.25) is 0 Å². The van der Waals surface area contributed by atoms with Gasteiger partial charge in [-0.05, 0) is 110 Å². The van der Waals surface area contributed by atoms with Crippen molar-refractivity contribution in [2.45, 2.75) is 112 Å². The quantitative estimate of drug-likeness (QED) is 0.431. The monoisotopic (exact) mass is 484 g/mol. The molecule has 5 aliphatic rings. The van der Waals surface area contributed by atoms with Crippen LogP contribution in [0.3, 0.4) is 0 Å². The first-order chi connectivity index (χ1) is 16.1. The Morgan fingerprint density at radius 1 is 0.943 bits per heavy atom. The Bertz CT molecular complexity index is 980. The first-order valence-corrected chi connectivity index (χ1v) is 14.1. The molecule has 4 heteroatoms. The average Bonchev–Trinajstić information content (AvgIpc) is 2.78. The number of allylic oxidation sites excluding steroid dienone is 2. The van der Waals surface area contributed by atoms with Crippen molar-refractivity contribution < 1.29 is 19.4 Å². The topological polar surface area (TPSA) is 63.6 Å². The number of ether oxygens (including phenoxy) is 1. The van der Waals surface area contributed by atoms with Crippen LogP contribution in [-0.2, 0) is 14.3 Å². The van der Waals surface area contributed by atoms with Crippen LogP contribution >= 0.6 is 0 Å². The van der Waals surface area contributed by atoms with Gasteiger partial charge in [-0.15, -0.1) is 0 Å².